The molecule has 142 valence electrons. The molecular formula is C19H19ClN2O5. The molecule has 8 heteroatoms. The van der Waals surface area contributed by atoms with Gasteiger partial charge in [0.1, 0.15) is 0 Å². The second-order valence-electron chi connectivity index (χ2n) is 6.03. The minimum Gasteiger partial charge on any atom is -0.449 e. The van der Waals surface area contributed by atoms with E-state index in [4.69, 9.17) is 16.3 Å². The van der Waals surface area contributed by atoms with Crippen molar-refractivity contribution in [2.24, 2.45) is 0 Å². The number of non-ortho nitro benzene ring substituents is 1. The van der Waals surface area contributed by atoms with Gasteiger partial charge in [0.25, 0.3) is 11.6 Å². The maximum absolute atomic E-state index is 12.2. The number of rotatable bonds is 7. The van der Waals surface area contributed by atoms with Gasteiger partial charge in [-0.15, -0.1) is 0 Å². The summed E-state index contributed by atoms with van der Waals surface area (Å²) in [6, 6.07) is 13.1. The number of nitrogens with one attached hydrogen (secondary N) is 1. The SMILES string of the molecule is C[C@@H](OC(=O)c1cc([N+](=O)[O-])ccc1Cl)C(=O)NC[C@H](C)c1ccccc1. The maximum Gasteiger partial charge on any atom is 0.340 e. The first-order valence-corrected chi connectivity index (χ1v) is 8.65. The monoisotopic (exact) mass is 390 g/mol. The van der Waals surface area contributed by atoms with E-state index in [1.54, 1.807) is 0 Å². The third-order valence-corrected chi connectivity index (χ3v) is 4.31. The Balaban J connectivity index is 1.95. The van der Waals surface area contributed by atoms with Gasteiger partial charge in [0.15, 0.2) is 6.10 Å². The highest BCUT2D eigenvalue weighted by molar-refractivity contribution is 6.33. The molecule has 0 aliphatic carbocycles. The Labute approximate surface area is 161 Å². The predicted octanol–water partition coefficient (Wildman–Crippen LogP) is 3.71. The van der Waals surface area contributed by atoms with Crippen LogP contribution in [-0.4, -0.2) is 29.4 Å². The molecule has 7 nitrogen and oxygen atoms in total. The minimum absolute atomic E-state index is 0.0101. The Morgan fingerprint density at radius 3 is 2.48 bits per heavy atom. The van der Waals surface area contributed by atoms with Gasteiger partial charge in [-0.1, -0.05) is 48.9 Å². The fraction of sp³-hybridized carbons (Fsp3) is 0.263. The lowest BCUT2D eigenvalue weighted by atomic mass is 10.0. The van der Waals surface area contributed by atoms with Crippen molar-refractivity contribution in [1.82, 2.24) is 5.32 Å². The fourth-order valence-electron chi connectivity index (χ4n) is 2.36. The van der Waals surface area contributed by atoms with Crippen LogP contribution in [0.15, 0.2) is 48.5 Å². The molecule has 2 aromatic rings. The molecule has 0 saturated heterocycles. The van der Waals surface area contributed by atoms with E-state index in [0.29, 0.717) is 6.54 Å². The molecule has 2 aromatic carbocycles. The van der Waals surface area contributed by atoms with Crippen LogP contribution in [0.4, 0.5) is 5.69 Å². The van der Waals surface area contributed by atoms with Crippen LogP contribution in [0.1, 0.15) is 35.7 Å². The predicted molar refractivity (Wildman–Crippen MR) is 101 cm³/mol. The third kappa shape index (κ3) is 5.52. The number of halogens is 1. The molecule has 0 aliphatic rings. The van der Waals surface area contributed by atoms with Crippen LogP contribution in [0.5, 0.6) is 0 Å². The molecule has 0 bridgehead atoms. The summed E-state index contributed by atoms with van der Waals surface area (Å²) in [5.74, 6) is -1.28. The average molecular weight is 391 g/mol. The van der Waals surface area contributed by atoms with Crippen molar-refractivity contribution < 1.29 is 19.2 Å². The van der Waals surface area contributed by atoms with Gasteiger partial charge in [0.2, 0.25) is 0 Å². The molecule has 0 fully saturated rings. The van der Waals surface area contributed by atoms with Crippen molar-refractivity contribution in [3.63, 3.8) is 0 Å². The van der Waals surface area contributed by atoms with Crippen molar-refractivity contribution in [2.45, 2.75) is 25.9 Å². The summed E-state index contributed by atoms with van der Waals surface area (Å²) in [6.45, 7) is 3.77. The lowest BCUT2D eigenvalue weighted by Gasteiger charge is -2.17. The molecule has 2 atom stereocenters. The first-order valence-electron chi connectivity index (χ1n) is 8.27. The topological polar surface area (TPSA) is 98.5 Å². The largest absolute Gasteiger partial charge is 0.449 e. The van der Waals surface area contributed by atoms with E-state index in [1.807, 2.05) is 37.3 Å². The standard InChI is InChI=1S/C19H19ClN2O5/c1-12(14-6-4-3-5-7-14)11-21-18(23)13(2)27-19(24)16-10-15(22(25)26)8-9-17(16)20/h3-10,12-13H,11H2,1-2H3,(H,21,23)/t12-,13+/m0/s1. The zero-order valence-electron chi connectivity index (χ0n) is 14.8. The molecule has 0 radical (unpaired) electrons. The number of carbonyl (C=O) groups excluding carboxylic acids is 2. The third-order valence-electron chi connectivity index (χ3n) is 3.98. The van der Waals surface area contributed by atoms with E-state index in [9.17, 15) is 19.7 Å². The number of amides is 1. The van der Waals surface area contributed by atoms with Gasteiger partial charge in [-0.05, 0) is 24.5 Å². The van der Waals surface area contributed by atoms with E-state index in [2.05, 4.69) is 5.32 Å². The van der Waals surface area contributed by atoms with Crippen LogP contribution in [0.25, 0.3) is 0 Å². The molecule has 0 heterocycles. The van der Waals surface area contributed by atoms with Crippen LogP contribution in [0, 0.1) is 10.1 Å². The fourth-order valence-corrected chi connectivity index (χ4v) is 2.55. The Bertz CT molecular complexity index is 841. The summed E-state index contributed by atoms with van der Waals surface area (Å²) in [5.41, 5.74) is 0.620. The summed E-state index contributed by atoms with van der Waals surface area (Å²) in [6.07, 6.45) is -1.07. The minimum atomic E-state index is -1.07. The summed E-state index contributed by atoms with van der Waals surface area (Å²) in [7, 11) is 0. The number of carbonyl (C=O) groups is 2. The first-order chi connectivity index (χ1) is 12.8. The summed E-state index contributed by atoms with van der Waals surface area (Å²) in [4.78, 5) is 34.6. The Hall–Kier alpha value is -2.93. The molecule has 0 saturated carbocycles. The van der Waals surface area contributed by atoms with E-state index in [1.165, 1.54) is 19.1 Å². The molecule has 0 unspecified atom stereocenters. The van der Waals surface area contributed by atoms with Crippen molar-refractivity contribution in [2.75, 3.05) is 6.54 Å². The average Bonchev–Trinajstić information content (AvgIpc) is 2.66. The van der Waals surface area contributed by atoms with Gasteiger partial charge in [0, 0.05) is 18.7 Å². The van der Waals surface area contributed by atoms with Gasteiger partial charge in [-0.2, -0.15) is 0 Å². The number of nitrogens with zero attached hydrogens (tertiary/aromatic N) is 1. The number of nitro groups is 1. The molecule has 0 aromatic heterocycles. The smallest absolute Gasteiger partial charge is 0.340 e. The molecule has 0 spiro atoms. The van der Waals surface area contributed by atoms with Crippen molar-refractivity contribution in [3.8, 4) is 0 Å². The van der Waals surface area contributed by atoms with Crippen LogP contribution < -0.4 is 5.32 Å². The van der Waals surface area contributed by atoms with E-state index < -0.39 is 22.9 Å². The summed E-state index contributed by atoms with van der Waals surface area (Å²) in [5, 5.41) is 13.6. The van der Waals surface area contributed by atoms with E-state index in [0.717, 1.165) is 11.6 Å². The lowest BCUT2D eigenvalue weighted by molar-refractivity contribution is -0.384. The van der Waals surface area contributed by atoms with Crippen LogP contribution >= 0.6 is 11.6 Å². The molecular weight excluding hydrogens is 372 g/mol. The summed E-state index contributed by atoms with van der Waals surface area (Å²) < 4.78 is 5.09. The zero-order chi connectivity index (χ0) is 20.0. The number of hydrogen-bond acceptors (Lipinski definition) is 5. The quantitative estimate of drug-likeness (QED) is 0.441. The molecule has 27 heavy (non-hydrogen) atoms. The van der Waals surface area contributed by atoms with Gasteiger partial charge in [-0.3, -0.25) is 14.9 Å². The van der Waals surface area contributed by atoms with E-state index in [-0.39, 0.29) is 22.2 Å². The van der Waals surface area contributed by atoms with Gasteiger partial charge < -0.3 is 10.1 Å². The molecule has 1 amide bonds. The molecule has 2 rings (SSSR count). The Kier molecular flexibility index (Phi) is 6.90. The number of ether oxygens (including phenoxy) is 1. The Morgan fingerprint density at radius 1 is 1.19 bits per heavy atom. The second kappa shape index (κ2) is 9.14. The highest BCUT2D eigenvalue weighted by Crippen LogP contribution is 2.23. The number of esters is 1. The van der Waals surface area contributed by atoms with Crippen LogP contribution in [0.3, 0.4) is 0 Å². The zero-order valence-corrected chi connectivity index (χ0v) is 15.6. The van der Waals surface area contributed by atoms with Crippen LogP contribution in [-0.2, 0) is 9.53 Å². The van der Waals surface area contributed by atoms with Gasteiger partial charge in [-0.25, -0.2) is 4.79 Å². The number of hydrogen-bond donors (Lipinski definition) is 1. The normalized spacial score (nSPS) is 12.7. The van der Waals surface area contributed by atoms with Gasteiger partial charge in [0.05, 0.1) is 15.5 Å². The summed E-state index contributed by atoms with van der Waals surface area (Å²) >= 11 is 5.91. The van der Waals surface area contributed by atoms with Crippen LogP contribution in [0.2, 0.25) is 5.02 Å². The lowest BCUT2D eigenvalue weighted by Crippen LogP contribution is -2.37. The number of benzene rings is 2. The van der Waals surface area contributed by atoms with Crippen molar-refractivity contribution in [3.05, 3.63) is 74.8 Å². The Morgan fingerprint density at radius 2 is 1.85 bits per heavy atom. The molecule has 0 aliphatic heterocycles. The maximum atomic E-state index is 12.2. The second-order valence-corrected chi connectivity index (χ2v) is 6.43. The highest BCUT2D eigenvalue weighted by Gasteiger charge is 2.23. The number of nitro benzene ring substituents is 1. The van der Waals surface area contributed by atoms with E-state index >= 15 is 0 Å². The van der Waals surface area contributed by atoms with Gasteiger partial charge >= 0.3 is 5.97 Å². The van der Waals surface area contributed by atoms with Crippen molar-refractivity contribution in [1.29, 1.82) is 0 Å². The highest BCUT2D eigenvalue weighted by atomic mass is 35.5. The molecule has 1 N–H and O–H groups in total. The first kappa shape index (κ1) is 20.4. The van der Waals surface area contributed by atoms with Crippen molar-refractivity contribution >= 4 is 29.2 Å².